The van der Waals surface area contributed by atoms with Gasteiger partial charge in [0.1, 0.15) is 6.04 Å². The summed E-state index contributed by atoms with van der Waals surface area (Å²) in [7, 11) is 0. The van der Waals surface area contributed by atoms with Crippen molar-refractivity contribution in [1.29, 1.82) is 0 Å². The van der Waals surface area contributed by atoms with Crippen LogP contribution in [-0.4, -0.2) is 42.4 Å². The van der Waals surface area contributed by atoms with E-state index in [2.05, 4.69) is 5.32 Å². The van der Waals surface area contributed by atoms with Crippen LogP contribution in [0.4, 0.5) is 0 Å². The zero-order valence-electron chi connectivity index (χ0n) is 10.3. The van der Waals surface area contributed by atoms with Gasteiger partial charge in [-0.25, -0.2) is 0 Å². The van der Waals surface area contributed by atoms with Gasteiger partial charge in [0.25, 0.3) is 0 Å². The highest BCUT2D eigenvalue weighted by atomic mass is 35.5. The zero-order chi connectivity index (χ0) is 12.0. The molecule has 1 atom stereocenters. The summed E-state index contributed by atoms with van der Waals surface area (Å²) in [5.74, 6) is 0.0482. The molecular weight excluding hydrogens is 242 g/mol. The Morgan fingerprint density at radius 1 is 1.59 bits per heavy atom. The summed E-state index contributed by atoms with van der Waals surface area (Å²) in [6, 6.07) is -0.298. The fraction of sp³-hybridized carbons (Fsp3) is 0.818. The van der Waals surface area contributed by atoms with E-state index in [1.54, 1.807) is 4.90 Å². The van der Waals surface area contributed by atoms with E-state index in [1.807, 2.05) is 6.92 Å². The van der Waals surface area contributed by atoms with Gasteiger partial charge in [-0.05, 0) is 25.8 Å². The third-order valence-electron chi connectivity index (χ3n) is 2.86. The second-order valence-corrected chi connectivity index (χ2v) is 4.05. The summed E-state index contributed by atoms with van der Waals surface area (Å²) in [5, 5.41) is 2.82. The van der Waals surface area contributed by atoms with Gasteiger partial charge in [-0.3, -0.25) is 9.59 Å². The number of carbonyl (C=O) groups is 2. The quantitative estimate of drug-likeness (QED) is 0.676. The van der Waals surface area contributed by atoms with E-state index in [-0.39, 0.29) is 30.3 Å². The third kappa shape index (κ3) is 4.52. The number of nitrogens with one attached hydrogen (secondary N) is 1. The number of likely N-dealkylation sites (tertiary alicyclic amines) is 1. The predicted molar refractivity (Wildman–Crippen MR) is 69.0 cm³/mol. The molecule has 1 unspecified atom stereocenters. The average molecular weight is 264 g/mol. The first-order chi connectivity index (χ1) is 7.70. The van der Waals surface area contributed by atoms with Crippen molar-refractivity contribution in [2.45, 2.75) is 38.6 Å². The minimum Gasteiger partial charge on any atom is -0.354 e. The molecule has 0 spiro atoms. The molecule has 0 bridgehead atoms. The van der Waals surface area contributed by atoms with Gasteiger partial charge >= 0.3 is 0 Å². The Morgan fingerprint density at radius 3 is 2.76 bits per heavy atom. The molecular formula is C11H22ClN3O2. The Hall–Kier alpha value is -0.810. The molecule has 0 saturated carbocycles. The molecule has 0 aromatic carbocycles. The molecule has 17 heavy (non-hydrogen) atoms. The van der Waals surface area contributed by atoms with Gasteiger partial charge in [-0.1, -0.05) is 6.92 Å². The number of nitrogens with zero attached hydrogens (tertiary/aromatic N) is 1. The van der Waals surface area contributed by atoms with Crippen molar-refractivity contribution < 1.29 is 9.59 Å². The smallest absolute Gasteiger partial charge is 0.242 e. The van der Waals surface area contributed by atoms with Crippen LogP contribution in [0.5, 0.6) is 0 Å². The van der Waals surface area contributed by atoms with Crippen LogP contribution in [0, 0.1) is 0 Å². The van der Waals surface area contributed by atoms with Gasteiger partial charge < -0.3 is 16.0 Å². The maximum atomic E-state index is 11.8. The number of hydrogen-bond acceptors (Lipinski definition) is 3. The highest BCUT2D eigenvalue weighted by Crippen LogP contribution is 2.15. The lowest BCUT2D eigenvalue weighted by Crippen LogP contribution is -2.47. The fourth-order valence-electron chi connectivity index (χ4n) is 1.98. The maximum absolute atomic E-state index is 11.8. The van der Waals surface area contributed by atoms with Crippen molar-refractivity contribution in [2.75, 3.05) is 19.6 Å². The maximum Gasteiger partial charge on any atom is 0.242 e. The van der Waals surface area contributed by atoms with Crippen molar-refractivity contribution in [3.05, 3.63) is 0 Å². The molecule has 0 radical (unpaired) electrons. The molecule has 0 aliphatic carbocycles. The van der Waals surface area contributed by atoms with E-state index in [4.69, 9.17) is 5.73 Å². The normalized spacial score (nSPS) is 16.6. The second-order valence-electron chi connectivity index (χ2n) is 4.05. The lowest BCUT2D eigenvalue weighted by molar-refractivity contribution is -0.137. The molecule has 1 aliphatic heterocycles. The average Bonchev–Trinajstić information content (AvgIpc) is 2.67. The van der Waals surface area contributed by atoms with E-state index in [0.29, 0.717) is 32.5 Å². The molecule has 0 aromatic rings. The van der Waals surface area contributed by atoms with Crippen molar-refractivity contribution in [3.8, 4) is 0 Å². The van der Waals surface area contributed by atoms with E-state index in [0.717, 1.165) is 12.8 Å². The van der Waals surface area contributed by atoms with E-state index in [1.165, 1.54) is 0 Å². The highest BCUT2D eigenvalue weighted by molar-refractivity contribution is 5.88. The summed E-state index contributed by atoms with van der Waals surface area (Å²) < 4.78 is 0. The monoisotopic (exact) mass is 263 g/mol. The number of amides is 2. The minimum atomic E-state index is -0.298. The van der Waals surface area contributed by atoms with Crippen LogP contribution < -0.4 is 11.1 Å². The molecule has 2 amide bonds. The number of rotatable bonds is 6. The van der Waals surface area contributed by atoms with Crippen LogP contribution in [0.3, 0.4) is 0 Å². The van der Waals surface area contributed by atoms with Crippen molar-refractivity contribution in [2.24, 2.45) is 5.73 Å². The molecule has 1 rings (SSSR count). The van der Waals surface area contributed by atoms with Crippen molar-refractivity contribution in [3.63, 3.8) is 0 Å². The molecule has 100 valence electrons. The molecule has 1 heterocycles. The summed E-state index contributed by atoms with van der Waals surface area (Å²) in [6.07, 6.45) is 2.88. The topological polar surface area (TPSA) is 75.4 Å². The Morgan fingerprint density at radius 2 is 2.29 bits per heavy atom. The van der Waals surface area contributed by atoms with Gasteiger partial charge in [-0.2, -0.15) is 0 Å². The lowest BCUT2D eigenvalue weighted by atomic mass is 10.2. The molecule has 6 heteroatoms. The van der Waals surface area contributed by atoms with Gasteiger partial charge in [0.15, 0.2) is 0 Å². The first-order valence-electron chi connectivity index (χ1n) is 5.98. The van der Waals surface area contributed by atoms with Crippen LogP contribution in [0.2, 0.25) is 0 Å². The molecule has 1 fully saturated rings. The van der Waals surface area contributed by atoms with Gasteiger partial charge in [0.2, 0.25) is 11.8 Å². The Kier molecular flexibility index (Phi) is 7.91. The highest BCUT2D eigenvalue weighted by Gasteiger charge is 2.31. The Balaban J connectivity index is 0.00000256. The molecule has 5 nitrogen and oxygen atoms in total. The van der Waals surface area contributed by atoms with Crippen LogP contribution in [0.25, 0.3) is 0 Å². The van der Waals surface area contributed by atoms with E-state index >= 15 is 0 Å². The second kappa shape index (κ2) is 8.31. The Bertz CT molecular complexity index is 261. The zero-order valence-corrected chi connectivity index (χ0v) is 11.1. The summed E-state index contributed by atoms with van der Waals surface area (Å²) in [4.78, 5) is 25.1. The minimum absolute atomic E-state index is 0. The SMILES string of the molecule is CCC(C(=O)NCCCN)N1CCCC1=O.Cl. The lowest BCUT2D eigenvalue weighted by Gasteiger charge is -2.25. The van der Waals surface area contributed by atoms with Gasteiger partial charge in [0.05, 0.1) is 0 Å². The van der Waals surface area contributed by atoms with Crippen molar-refractivity contribution >= 4 is 24.2 Å². The molecule has 1 saturated heterocycles. The van der Waals surface area contributed by atoms with Crippen LogP contribution >= 0.6 is 12.4 Å². The molecule has 1 aliphatic rings. The number of nitrogens with two attached hydrogens (primary N) is 1. The van der Waals surface area contributed by atoms with Crippen LogP contribution in [0.1, 0.15) is 32.6 Å². The fourth-order valence-corrected chi connectivity index (χ4v) is 1.98. The molecule has 3 N–H and O–H groups in total. The molecule has 0 aromatic heterocycles. The van der Waals surface area contributed by atoms with Crippen molar-refractivity contribution in [1.82, 2.24) is 10.2 Å². The Labute approximate surface area is 109 Å². The van der Waals surface area contributed by atoms with Gasteiger partial charge in [0, 0.05) is 19.5 Å². The van der Waals surface area contributed by atoms with Gasteiger partial charge in [-0.15, -0.1) is 12.4 Å². The first-order valence-corrected chi connectivity index (χ1v) is 5.98. The third-order valence-corrected chi connectivity index (χ3v) is 2.86. The van der Waals surface area contributed by atoms with E-state index < -0.39 is 0 Å². The number of halogens is 1. The number of carbonyl (C=O) groups excluding carboxylic acids is 2. The summed E-state index contributed by atoms with van der Waals surface area (Å²) in [5.41, 5.74) is 5.35. The first kappa shape index (κ1) is 16.2. The van der Waals surface area contributed by atoms with E-state index in [9.17, 15) is 9.59 Å². The number of hydrogen-bond donors (Lipinski definition) is 2. The van der Waals surface area contributed by atoms with Crippen LogP contribution in [0.15, 0.2) is 0 Å². The van der Waals surface area contributed by atoms with Crippen LogP contribution in [-0.2, 0) is 9.59 Å². The standard InChI is InChI=1S/C11H21N3O2.ClH/c1-2-9(11(16)13-7-4-6-12)14-8-3-5-10(14)15;/h9H,2-8,12H2,1H3,(H,13,16);1H. The summed E-state index contributed by atoms with van der Waals surface area (Å²) in [6.45, 7) is 3.80. The predicted octanol–water partition coefficient (Wildman–Crippen LogP) is 0.274. The largest absolute Gasteiger partial charge is 0.354 e. The summed E-state index contributed by atoms with van der Waals surface area (Å²) >= 11 is 0.